The summed E-state index contributed by atoms with van der Waals surface area (Å²) in [6.07, 6.45) is 0.934. The van der Waals surface area contributed by atoms with Gasteiger partial charge in [0, 0.05) is 36.2 Å². The molecular formula is C24H25N3O4. The van der Waals surface area contributed by atoms with Crippen LogP contribution in [0.25, 0.3) is 10.9 Å². The predicted molar refractivity (Wildman–Crippen MR) is 116 cm³/mol. The summed E-state index contributed by atoms with van der Waals surface area (Å²) < 4.78 is 5.43. The van der Waals surface area contributed by atoms with Gasteiger partial charge in [0.1, 0.15) is 11.8 Å². The molecule has 2 aliphatic heterocycles. The summed E-state index contributed by atoms with van der Waals surface area (Å²) in [5.74, 6) is 0.564. The minimum absolute atomic E-state index is 0.00855. The highest BCUT2D eigenvalue weighted by Gasteiger charge is 2.48. The normalized spacial score (nSPS) is 20.7. The summed E-state index contributed by atoms with van der Waals surface area (Å²) >= 11 is 0. The van der Waals surface area contributed by atoms with Crippen molar-refractivity contribution in [1.29, 1.82) is 0 Å². The molecule has 7 nitrogen and oxygen atoms in total. The van der Waals surface area contributed by atoms with Gasteiger partial charge in [0.2, 0.25) is 11.8 Å². The lowest BCUT2D eigenvalue weighted by Gasteiger charge is -2.47. The molecule has 0 radical (unpaired) electrons. The molecule has 3 heterocycles. The summed E-state index contributed by atoms with van der Waals surface area (Å²) in [5.41, 5.74) is 3.93. The van der Waals surface area contributed by atoms with Gasteiger partial charge in [-0.25, -0.2) is 0 Å². The number of nitrogens with one attached hydrogen (secondary N) is 1. The minimum atomic E-state index is -0.567. The highest BCUT2D eigenvalue weighted by molar-refractivity contribution is 5.97. The molecule has 1 fully saturated rings. The first kappa shape index (κ1) is 19.6. The first-order valence-corrected chi connectivity index (χ1v) is 10.6. The van der Waals surface area contributed by atoms with E-state index in [1.54, 1.807) is 16.9 Å². The molecule has 2 amide bonds. The molecule has 1 aromatic heterocycles. The third-order valence-electron chi connectivity index (χ3n) is 6.34. The van der Waals surface area contributed by atoms with Gasteiger partial charge in [-0.3, -0.25) is 9.59 Å². The Morgan fingerprint density at radius 3 is 2.81 bits per heavy atom. The standard InChI is InChI=1S/C24H25N3O4/c1-31-16-7-4-6-15(12-16)23-22-18(17-8-2-3-9-19(17)25-22)13-20-24(30)26(10-5-11-28)14-21(29)27(20)23/h2-4,6-9,12,20,23,25,28H,5,10-11,13-14H2,1H3/t20-,23?/m0/s1. The first-order chi connectivity index (χ1) is 15.1. The number of hydrogen-bond donors (Lipinski definition) is 2. The fourth-order valence-electron chi connectivity index (χ4n) is 4.93. The number of piperazine rings is 1. The van der Waals surface area contributed by atoms with Crippen molar-refractivity contribution in [2.45, 2.75) is 24.9 Å². The number of carbonyl (C=O) groups excluding carboxylic acids is 2. The summed E-state index contributed by atoms with van der Waals surface area (Å²) in [6.45, 7) is 0.409. The molecule has 160 valence electrons. The van der Waals surface area contributed by atoms with Crippen LogP contribution in [0.3, 0.4) is 0 Å². The number of ether oxygens (including phenoxy) is 1. The molecule has 5 rings (SSSR count). The van der Waals surface area contributed by atoms with Crippen molar-refractivity contribution in [3.63, 3.8) is 0 Å². The van der Waals surface area contributed by atoms with Crippen molar-refractivity contribution < 1.29 is 19.4 Å². The molecule has 0 aliphatic carbocycles. The number of hydrogen-bond acceptors (Lipinski definition) is 4. The fourth-order valence-corrected chi connectivity index (χ4v) is 4.93. The van der Waals surface area contributed by atoms with Gasteiger partial charge in [-0.15, -0.1) is 0 Å². The Hall–Kier alpha value is -3.32. The van der Waals surface area contributed by atoms with E-state index in [1.807, 2.05) is 42.5 Å². The quantitative estimate of drug-likeness (QED) is 0.664. The number of aromatic nitrogens is 1. The summed E-state index contributed by atoms with van der Waals surface area (Å²) in [4.78, 5) is 33.6. The second-order valence-corrected chi connectivity index (χ2v) is 8.10. The number of fused-ring (bicyclic) bond motifs is 4. The van der Waals surface area contributed by atoms with Crippen LogP contribution in [0.1, 0.15) is 29.3 Å². The Kier molecular flexibility index (Phi) is 4.90. The van der Waals surface area contributed by atoms with Gasteiger partial charge in [-0.2, -0.15) is 0 Å². The van der Waals surface area contributed by atoms with Crippen molar-refractivity contribution >= 4 is 22.7 Å². The highest BCUT2D eigenvalue weighted by atomic mass is 16.5. The molecule has 1 unspecified atom stereocenters. The van der Waals surface area contributed by atoms with Gasteiger partial charge in [0.25, 0.3) is 0 Å². The maximum absolute atomic E-state index is 13.4. The summed E-state index contributed by atoms with van der Waals surface area (Å²) in [6, 6.07) is 14.8. The molecule has 2 N–H and O–H groups in total. The third kappa shape index (κ3) is 3.16. The van der Waals surface area contributed by atoms with Crippen LogP contribution in [-0.4, -0.2) is 64.6 Å². The van der Waals surface area contributed by atoms with E-state index in [4.69, 9.17) is 4.74 Å². The number of para-hydroxylation sites is 1. The van der Waals surface area contributed by atoms with E-state index in [9.17, 15) is 14.7 Å². The zero-order valence-electron chi connectivity index (χ0n) is 17.4. The number of H-pyrrole nitrogens is 1. The van der Waals surface area contributed by atoms with Gasteiger partial charge >= 0.3 is 0 Å². The lowest BCUT2D eigenvalue weighted by Crippen LogP contribution is -2.63. The Balaban J connectivity index is 1.67. The van der Waals surface area contributed by atoms with E-state index in [0.29, 0.717) is 25.1 Å². The van der Waals surface area contributed by atoms with Crippen LogP contribution in [0.5, 0.6) is 5.75 Å². The van der Waals surface area contributed by atoms with Crippen LogP contribution in [0.4, 0.5) is 0 Å². The Bertz CT molecular complexity index is 1150. The molecular weight excluding hydrogens is 394 g/mol. The number of methoxy groups -OCH3 is 1. The van der Waals surface area contributed by atoms with E-state index in [2.05, 4.69) is 11.1 Å². The van der Waals surface area contributed by atoms with Gasteiger partial charge in [0.15, 0.2) is 0 Å². The molecule has 1 saturated heterocycles. The molecule has 2 aliphatic rings. The number of rotatable bonds is 5. The van der Waals surface area contributed by atoms with Crippen LogP contribution in [0.2, 0.25) is 0 Å². The van der Waals surface area contributed by atoms with Crippen LogP contribution in [0, 0.1) is 0 Å². The average Bonchev–Trinajstić information content (AvgIpc) is 3.17. The van der Waals surface area contributed by atoms with Crippen molar-refractivity contribution in [2.24, 2.45) is 0 Å². The minimum Gasteiger partial charge on any atom is -0.497 e. The van der Waals surface area contributed by atoms with Gasteiger partial charge < -0.3 is 24.6 Å². The number of carbonyl (C=O) groups is 2. The molecule has 31 heavy (non-hydrogen) atoms. The monoisotopic (exact) mass is 419 g/mol. The smallest absolute Gasteiger partial charge is 0.246 e. The van der Waals surface area contributed by atoms with E-state index in [-0.39, 0.29) is 25.0 Å². The average molecular weight is 419 g/mol. The summed E-state index contributed by atoms with van der Waals surface area (Å²) in [5, 5.41) is 10.3. The molecule has 3 aromatic rings. The van der Waals surface area contributed by atoms with Crippen LogP contribution in [-0.2, 0) is 16.0 Å². The third-order valence-corrected chi connectivity index (χ3v) is 6.34. The lowest BCUT2D eigenvalue weighted by atomic mass is 9.86. The fraction of sp³-hybridized carbons (Fsp3) is 0.333. The lowest BCUT2D eigenvalue weighted by molar-refractivity contribution is -0.158. The molecule has 2 aromatic carbocycles. The molecule has 2 atom stereocenters. The molecule has 0 saturated carbocycles. The second kappa shape index (κ2) is 7.74. The second-order valence-electron chi connectivity index (χ2n) is 8.10. The van der Waals surface area contributed by atoms with Crippen molar-refractivity contribution in [3.05, 3.63) is 65.4 Å². The topological polar surface area (TPSA) is 85.9 Å². The van der Waals surface area contributed by atoms with E-state index < -0.39 is 12.1 Å². The van der Waals surface area contributed by atoms with Gasteiger partial charge in [-0.1, -0.05) is 30.3 Å². The number of benzene rings is 2. The van der Waals surface area contributed by atoms with Gasteiger partial charge in [0.05, 0.1) is 19.7 Å². The van der Waals surface area contributed by atoms with E-state index >= 15 is 0 Å². The van der Waals surface area contributed by atoms with Crippen LogP contribution < -0.4 is 4.74 Å². The maximum Gasteiger partial charge on any atom is 0.246 e. The van der Waals surface area contributed by atoms with Crippen molar-refractivity contribution in [3.8, 4) is 5.75 Å². The molecule has 0 spiro atoms. The molecule has 7 heteroatoms. The Morgan fingerprint density at radius 2 is 2.00 bits per heavy atom. The summed E-state index contributed by atoms with van der Waals surface area (Å²) in [7, 11) is 1.62. The Labute approximate surface area is 180 Å². The number of aliphatic hydroxyl groups excluding tert-OH is 1. The highest BCUT2D eigenvalue weighted by Crippen LogP contribution is 2.43. The molecule has 0 bridgehead atoms. The zero-order valence-corrected chi connectivity index (χ0v) is 17.4. The van der Waals surface area contributed by atoms with Crippen LogP contribution >= 0.6 is 0 Å². The number of amides is 2. The van der Waals surface area contributed by atoms with Gasteiger partial charge in [-0.05, 0) is 35.7 Å². The number of nitrogens with zero attached hydrogens (tertiary/aromatic N) is 2. The Morgan fingerprint density at radius 1 is 1.16 bits per heavy atom. The van der Waals surface area contributed by atoms with Crippen molar-refractivity contribution in [2.75, 3.05) is 26.8 Å². The van der Waals surface area contributed by atoms with E-state index in [0.717, 1.165) is 27.7 Å². The SMILES string of the molecule is COc1cccc(C2c3[nH]c4ccccc4c3C[C@H]3C(=O)N(CCCO)CC(=O)N23)c1. The maximum atomic E-state index is 13.4. The predicted octanol–water partition coefficient (Wildman–Crippen LogP) is 2.24. The number of aromatic amines is 1. The zero-order chi connectivity index (χ0) is 21.5. The number of aliphatic hydroxyl groups is 1. The van der Waals surface area contributed by atoms with Crippen LogP contribution in [0.15, 0.2) is 48.5 Å². The van der Waals surface area contributed by atoms with Crippen molar-refractivity contribution in [1.82, 2.24) is 14.8 Å². The first-order valence-electron chi connectivity index (χ1n) is 10.6. The van der Waals surface area contributed by atoms with E-state index in [1.165, 1.54) is 0 Å². The largest absolute Gasteiger partial charge is 0.497 e.